The standard InChI is InChI=1S/C20H15F3N2O/c21-20(22,23)15-10-6-9-14(19(24)26)18(15)17(13-7-2-1-3-8-13)16-11-4-5-12-25-16/h1-12,17H,(H2,24,26). The molecule has 0 fully saturated rings. The molecule has 1 aromatic heterocycles. The molecule has 3 rings (SSSR count). The van der Waals surface area contributed by atoms with E-state index in [1.54, 1.807) is 48.5 Å². The zero-order valence-electron chi connectivity index (χ0n) is 13.6. The first kappa shape index (κ1) is 17.7. The highest BCUT2D eigenvalue weighted by atomic mass is 19.4. The van der Waals surface area contributed by atoms with Crippen molar-refractivity contribution in [3.8, 4) is 0 Å². The van der Waals surface area contributed by atoms with Gasteiger partial charge in [-0.3, -0.25) is 9.78 Å². The number of halogens is 3. The van der Waals surface area contributed by atoms with Crippen LogP contribution in [0.4, 0.5) is 13.2 Å². The van der Waals surface area contributed by atoms with Crippen molar-refractivity contribution < 1.29 is 18.0 Å². The lowest BCUT2D eigenvalue weighted by atomic mass is 9.82. The average Bonchev–Trinajstić information content (AvgIpc) is 2.63. The minimum Gasteiger partial charge on any atom is -0.366 e. The summed E-state index contributed by atoms with van der Waals surface area (Å²) in [4.78, 5) is 16.1. The van der Waals surface area contributed by atoms with Gasteiger partial charge in [-0.15, -0.1) is 0 Å². The number of hydrogen-bond acceptors (Lipinski definition) is 2. The molecule has 0 aliphatic heterocycles. The molecule has 1 unspecified atom stereocenters. The summed E-state index contributed by atoms with van der Waals surface area (Å²) in [6.07, 6.45) is -3.13. The van der Waals surface area contributed by atoms with Crippen LogP contribution >= 0.6 is 0 Å². The van der Waals surface area contributed by atoms with Gasteiger partial charge in [-0.05, 0) is 35.4 Å². The highest BCUT2D eigenvalue weighted by molar-refractivity contribution is 5.95. The molecule has 0 saturated heterocycles. The molecule has 0 radical (unpaired) electrons. The van der Waals surface area contributed by atoms with Crippen LogP contribution in [0.5, 0.6) is 0 Å². The lowest BCUT2D eigenvalue weighted by molar-refractivity contribution is -0.138. The van der Waals surface area contributed by atoms with Crippen LogP contribution in [0.25, 0.3) is 0 Å². The Labute approximate surface area is 148 Å². The smallest absolute Gasteiger partial charge is 0.366 e. The van der Waals surface area contributed by atoms with Gasteiger partial charge < -0.3 is 5.73 Å². The van der Waals surface area contributed by atoms with Crippen molar-refractivity contribution >= 4 is 5.91 Å². The molecule has 2 N–H and O–H groups in total. The van der Waals surface area contributed by atoms with Crippen LogP contribution in [0.1, 0.15) is 38.7 Å². The lowest BCUT2D eigenvalue weighted by Crippen LogP contribution is -2.22. The fourth-order valence-corrected chi connectivity index (χ4v) is 3.02. The highest BCUT2D eigenvalue weighted by Gasteiger charge is 2.38. The summed E-state index contributed by atoms with van der Waals surface area (Å²) in [5, 5.41) is 0. The molecule has 1 heterocycles. The Kier molecular flexibility index (Phi) is 4.75. The zero-order valence-corrected chi connectivity index (χ0v) is 13.6. The third-order valence-electron chi connectivity index (χ3n) is 4.08. The predicted molar refractivity (Wildman–Crippen MR) is 91.6 cm³/mol. The largest absolute Gasteiger partial charge is 0.416 e. The summed E-state index contributed by atoms with van der Waals surface area (Å²) in [7, 11) is 0. The third kappa shape index (κ3) is 3.44. The van der Waals surface area contributed by atoms with Crippen LogP contribution in [-0.4, -0.2) is 10.9 Å². The van der Waals surface area contributed by atoms with Gasteiger partial charge in [-0.2, -0.15) is 13.2 Å². The van der Waals surface area contributed by atoms with Crippen LogP contribution in [0, 0.1) is 0 Å². The van der Waals surface area contributed by atoms with Crippen molar-refractivity contribution in [2.45, 2.75) is 12.1 Å². The Balaban J connectivity index is 2.37. The number of aromatic nitrogens is 1. The molecular weight excluding hydrogens is 341 g/mol. The highest BCUT2D eigenvalue weighted by Crippen LogP contribution is 2.41. The third-order valence-corrected chi connectivity index (χ3v) is 4.08. The second-order valence-electron chi connectivity index (χ2n) is 5.73. The molecule has 1 atom stereocenters. The summed E-state index contributed by atoms with van der Waals surface area (Å²) in [6.45, 7) is 0. The van der Waals surface area contributed by atoms with Crippen LogP contribution in [0.2, 0.25) is 0 Å². The van der Waals surface area contributed by atoms with E-state index in [1.165, 1.54) is 18.3 Å². The van der Waals surface area contributed by atoms with Gasteiger partial charge in [-0.25, -0.2) is 0 Å². The monoisotopic (exact) mass is 356 g/mol. The molecule has 26 heavy (non-hydrogen) atoms. The van der Waals surface area contributed by atoms with E-state index in [9.17, 15) is 18.0 Å². The maximum atomic E-state index is 13.7. The van der Waals surface area contributed by atoms with Crippen LogP contribution in [0.15, 0.2) is 72.9 Å². The number of nitrogens with zero attached hydrogens (tertiary/aromatic N) is 1. The summed E-state index contributed by atoms with van der Waals surface area (Å²) in [5.74, 6) is -1.79. The number of alkyl halides is 3. The zero-order chi connectivity index (χ0) is 18.7. The van der Waals surface area contributed by atoms with Crippen molar-refractivity contribution in [2.24, 2.45) is 5.73 Å². The van der Waals surface area contributed by atoms with E-state index in [0.717, 1.165) is 6.07 Å². The van der Waals surface area contributed by atoms with Gasteiger partial charge in [0.15, 0.2) is 0 Å². The second kappa shape index (κ2) is 7.00. The quantitative estimate of drug-likeness (QED) is 0.754. The number of rotatable bonds is 4. The molecule has 132 valence electrons. The first-order chi connectivity index (χ1) is 12.4. The van der Waals surface area contributed by atoms with Gasteiger partial charge in [0.25, 0.3) is 0 Å². The summed E-state index contributed by atoms with van der Waals surface area (Å²) >= 11 is 0. The van der Waals surface area contributed by atoms with Gasteiger partial charge in [0.05, 0.1) is 17.2 Å². The maximum Gasteiger partial charge on any atom is 0.416 e. The first-order valence-electron chi connectivity index (χ1n) is 7.85. The van der Waals surface area contributed by atoms with Crippen molar-refractivity contribution in [1.29, 1.82) is 0 Å². The number of benzene rings is 2. The number of pyridine rings is 1. The van der Waals surface area contributed by atoms with Crippen molar-refractivity contribution in [3.05, 3.63) is 101 Å². The van der Waals surface area contributed by atoms with Crippen molar-refractivity contribution in [3.63, 3.8) is 0 Å². The summed E-state index contributed by atoms with van der Waals surface area (Å²) < 4.78 is 41.1. The molecule has 3 aromatic rings. The van der Waals surface area contributed by atoms with E-state index in [4.69, 9.17) is 5.73 Å². The van der Waals surface area contributed by atoms with E-state index in [-0.39, 0.29) is 11.1 Å². The number of hydrogen-bond donors (Lipinski definition) is 1. The van der Waals surface area contributed by atoms with E-state index < -0.39 is 23.6 Å². The number of carbonyl (C=O) groups excluding carboxylic acids is 1. The van der Waals surface area contributed by atoms with Gasteiger partial charge >= 0.3 is 6.18 Å². The van der Waals surface area contributed by atoms with Gasteiger partial charge in [0, 0.05) is 11.8 Å². The van der Waals surface area contributed by atoms with Gasteiger partial charge in [0.1, 0.15) is 0 Å². The minimum absolute atomic E-state index is 0.167. The molecule has 2 aromatic carbocycles. The summed E-state index contributed by atoms with van der Waals surface area (Å²) in [6, 6.07) is 17.1. The van der Waals surface area contributed by atoms with Crippen LogP contribution < -0.4 is 5.73 Å². The fraction of sp³-hybridized carbons (Fsp3) is 0.100. The molecule has 6 heteroatoms. The number of primary amides is 1. The molecule has 0 spiro atoms. The molecule has 0 bridgehead atoms. The Morgan fingerprint density at radius 3 is 2.19 bits per heavy atom. The van der Waals surface area contributed by atoms with E-state index in [0.29, 0.717) is 11.3 Å². The number of amides is 1. The second-order valence-corrected chi connectivity index (χ2v) is 5.73. The fourth-order valence-electron chi connectivity index (χ4n) is 3.02. The van der Waals surface area contributed by atoms with E-state index >= 15 is 0 Å². The molecule has 1 amide bonds. The van der Waals surface area contributed by atoms with Crippen molar-refractivity contribution in [1.82, 2.24) is 4.98 Å². The molecular formula is C20H15F3N2O. The molecule has 0 saturated carbocycles. The Hall–Kier alpha value is -3.15. The normalized spacial score (nSPS) is 12.6. The Morgan fingerprint density at radius 1 is 0.923 bits per heavy atom. The number of nitrogens with two attached hydrogens (primary N) is 1. The van der Waals surface area contributed by atoms with Crippen molar-refractivity contribution in [2.75, 3.05) is 0 Å². The van der Waals surface area contributed by atoms with Gasteiger partial charge in [-0.1, -0.05) is 42.5 Å². The lowest BCUT2D eigenvalue weighted by Gasteiger charge is -2.24. The predicted octanol–water partition coefficient (Wildman–Crippen LogP) is 4.38. The molecule has 0 aliphatic carbocycles. The number of carbonyl (C=O) groups is 1. The first-order valence-corrected chi connectivity index (χ1v) is 7.85. The Morgan fingerprint density at radius 2 is 1.62 bits per heavy atom. The van der Waals surface area contributed by atoms with Crippen LogP contribution in [0.3, 0.4) is 0 Å². The molecule has 0 aliphatic rings. The maximum absolute atomic E-state index is 13.7. The van der Waals surface area contributed by atoms with E-state index in [1.807, 2.05) is 0 Å². The van der Waals surface area contributed by atoms with Crippen LogP contribution in [-0.2, 0) is 6.18 Å². The topological polar surface area (TPSA) is 56.0 Å². The van der Waals surface area contributed by atoms with E-state index in [2.05, 4.69) is 4.98 Å². The Bertz CT molecular complexity index is 870. The molecule has 3 nitrogen and oxygen atoms in total. The summed E-state index contributed by atoms with van der Waals surface area (Å²) in [5.41, 5.74) is 5.14. The minimum atomic E-state index is -4.64. The SMILES string of the molecule is NC(=O)c1cccc(C(F)(F)F)c1C(c1ccccc1)c1ccccn1. The average molecular weight is 356 g/mol. The van der Waals surface area contributed by atoms with Gasteiger partial charge in [0.2, 0.25) is 5.91 Å².